The zero-order chi connectivity index (χ0) is 17.9. The number of rotatable bonds is 5. The summed E-state index contributed by atoms with van der Waals surface area (Å²) in [6, 6.07) is 14.2. The van der Waals surface area contributed by atoms with Gasteiger partial charge in [-0.05, 0) is 36.8 Å². The Morgan fingerprint density at radius 2 is 1.76 bits per heavy atom. The largest absolute Gasteiger partial charge is 0.370 e. The number of nitrogens with one attached hydrogen (secondary N) is 1. The topological polar surface area (TPSA) is 75.7 Å². The van der Waals surface area contributed by atoms with Crippen LogP contribution >= 0.6 is 0 Å². The van der Waals surface area contributed by atoms with Crippen LogP contribution in [0.4, 0.5) is 11.4 Å². The summed E-state index contributed by atoms with van der Waals surface area (Å²) in [4.78, 5) is 13.5. The number of ether oxygens (including phenoxy) is 1. The second-order valence-electron chi connectivity index (χ2n) is 5.99. The van der Waals surface area contributed by atoms with E-state index in [1.54, 1.807) is 29.2 Å². The van der Waals surface area contributed by atoms with Gasteiger partial charge in [0, 0.05) is 17.9 Å². The smallest absolute Gasteiger partial charge is 0.253 e. The van der Waals surface area contributed by atoms with Crippen molar-refractivity contribution in [1.29, 1.82) is 0 Å². The molecule has 1 fully saturated rings. The van der Waals surface area contributed by atoms with Gasteiger partial charge in [0.1, 0.15) is 6.61 Å². The van der Waals surface area contributed by atoms with E-state index in [1.165, 1.54) is 0 Å². The Balaban J connectivity index is 1.67. The molecule has 1 N–H and O–H groups in total. The van der Waals surface area contributed by atoms with E-state index < -0.39 is 10.0 Å². The zero-order valence-electron chi connectivity index (χ0n) is 13.9. The van der Waals surface area contributed by atoms with Crippen molar-refractivity contribution in [2.45, 2.75) is 12.7 Å². The van der Waals surface area contributed by atoms with Crippen LogP contribution in [0.25, 0.3) is 0 Å². The Hall–Kier alpha value is -2.38. The van der Waals surface area contributed by atoms with Crippen LogP contribution < -0.4 is 9.62 Å². The van der Waals surface area contributed by atoms with Crippen LogP contribution in [0.3, 0.4) is 0 Å². The van der Waals surface area contributed by atoms with Crippen molar-refractivity contribution in [2.24, 2.45) is 0 Å². The molecule has 0 spiro atoms. The molecule has 1 heterocycles. The summed E-state index contributed by atoms with van der Waals surface area (Å²) >= 11 is 0. The molecule has 1 aliphatic rings. The van der Waals surface area contributed by atoms with E-state index in [0.29, 0.717) is 18.8 Å². The van der Waals surface area contributed by atoms with Crippen LogP contribution in [0.15, 0.2) is 48.5 Å². The highest BCUT2D eigenvalue weighted by atomic mass is 32.2. The van der Waals surface area contributed by atoms with Gasteiger partial charge in [-0.3, -0.25) is 9.52 Å². The van der Waals surface area contributed by atoms with Gasteiger partial charge in [-0.25, -0.2) is 8.42 Å². The Morgan fingerprint density at radius 3 is 2.40 bits per heavy atom. The van der Waals surface area contributed by atoms with Crippen molar-refractivity contribution in [3.63, 3.8) is 0 Å². The number of anilines is 2. The standard InChI is InChI=1S/C18H20N2O4S/c1-14-2-4-15(5-3-14)13-25(22,23)19-16-6-8-17(9-7-16)20-10-11-24-12-18(20)21/h2-9,19H,10-13H2,1H3. The first-order chi connectivity index (χ1) is 11.9. The van der Waals surface area contributed by atoms with Crippen LogP contribution in [-0.2, 0) is 25.3 Å². The lowest BCUT2D eigenvalue weighted by Crippen LogP contribution is -2.41. The summed E-state index contributed by atoms with van der Waals surface area (Å²) in [5.74, 6) is -0.185. The minimum absolute atomic E-state index is 0.0743. The fourth-order valence-corrected chi connectivity index (χ4v) is 3.82. The maximum absolute atomic E-state index is 12.3. The highest BCUT2D eigenvalue weighted by Gasteiger charge is 2.20. The molecule has 0 aromatic heterocycles. The number of benzene rings is 2. The molecule has 3 rings (SSSR count). The van der Waals surface area contributed by atoms with E-state index in [-0.39, 0.29) is 18.3 Å². The van der Waals surface area contributed by atoms with Crippen LogP contribution in [0.5, 0.6) is 0 Å². The molecule has 1 saturated heterocycles. The van der Waals surface area contributed by atoms with E-state index in [9.17, 15) is 13.2 Å². The third kappa shape index (κ3) is 4.58. The van der Waals surface area contributed by atoms with Gasteiger partial charge in [-0.15, -0.1) is 0 Å². The molecule has 25 heavy (non-hydrogen) atoms. The minimum atomic E-state index is -3.50. The molecule has 1 amide bonds. The van der Waals surface area contributed by atoms with Gasteiger partial charge >= 0.3 is 0 Å². The molecule has 0 unspecified atom stereocenters. The van der Waals surface area contributed by atoms with Crippen LogP contribution in [0.1, 0.15) is 11.1 Å². The summed E-state index contributed by atoms with van der Waals surface area (Å²) in [6.07, 6.45) is 0. The highest BCUT2D eigenvalue weighted by molar-refractivity contribution is 7.91. The molecule has 7 heteroatoms. The Bertz CT molecular complexity index is 846. The fraction of sp³-hybridized carbons (Fsp3) is 0.278. The average molecular weight is 360 g/mol. The summed E-state index contributed by atoms with van der Waals surface area (Å²) in [7, 11) is -3.50. The quantitative estimate of drug-likeness (QED) is 0.888. The van der Waals surface area contributed by atoms with Crippen molar-refractivity contribution in [1.82, 2.24) is 0 Å². The van der Waals surface area contributed by atoms with Gasteiger partial charge in [0.25, 0.3) is 5.91 Å². The lowest BCUT2D eigenvalue weighted by molar-refractivity contribution is -0.125. The predicted molar refractivity (Wildman–Crippen MR) is 97.0 cm³/mol. The lowest BCUT2D eigenvalue weighted by atomic mass is 10.2. The first-order valence-electron chi connectivity index (χ1n) is 7.97. The average Bonchev–Trinajstić information content (AvgIpc) is 2.58. The lowest BCUT2D eigenvalue weighted by Gasteiger charge is -2.26. The molecule has 0 atom stereocenters. The van der Waals surface area contributed by atoms with E-state index in [4.69, 9.17) is 4.74 Å². The molecule has 0 bridgehead atoms. The van der Waals surface area contributed by atoms with Gasteiger partial charge in [0.2, 0.25) is 10.0 Å². The fourth-order valence-electron chi connectivity index (χ4n) is 2.62. The predicted octanol–water partition coefficient (Wildman–Crippen LogP) is 2.30. The molecule has 1 aliphatic heterocycles. The van der Waals surface area contributed by atoms with Gasteiger partial charge in [-0.2, -0.15) is 0 Å². The van der Waals surface area contributed by atoms with Crippen molar-refractivity contribution in [3.05, 3.63) is 59.7 Å². The summed E-state index contributed by atoms with van der Waals surface area (Å²) in [6.45, 7) is 3.02. The molecule has 6 nitrogen and oxygen atoms in total. The van der Waals surface area contributed by atoms with E-state index >= 15 is 0 Å². The number of sulfonamides is 1. The maximum Gasteiger partial charge on any atom is 0.253 e. The minimum Gasteiger partial charge on any atom is -0.370 e. The number of aryl methyl sites for hydroxylation is 1. The zero-order valence-corrected chi connectivity index (χ0v) is 14.8. The normalized spacial score (nSPS) is 15.2. The highest BCUT2D eigenvalue weighted by Crippen LogP contribution is 2.21. The van der Waals surface area contributed by atoms with Crippen molar-refractivity contribution in [2.75, 3.05) is 29.4 Å². The van der Waals surface area contributed by atoms with Crippen LogP contribution in [-0.4, -0.2) is 34.1 Å². The molecule has 2 aromatic carbocycles. The second-order valence-corrected chi connectivity index (χ2v) is 7.71. The number of nitrogens with zero attached hydrogens (tertiary/aromatic N) is 1. The molecular formula is C18H20N2O4S. The number of carbonyl (C=O) groups excluding carboxylic acids is 1. The third-order valence-corrected chi connectivity index (χ3v) is 5.18. The summed E-state index contributed by atoms with van der Waals surface area (Å²) < 4.78 is 32.3. The van der Waals surface area contributed by atoms with Crippen molar-refractivity contribution >= 4 is 27.3 Å². The van der Waals surface area contributed by atoms with Crippen LogP contribution in [0, 0.1) is 6.92 Å². The van der Waals surface area contributed by atoms with Gasteiger partial charge in [0.05, 0.1) is 12.4 Å². The maximum atomic E-state index is 12.3. The Morgan fingerprint density at radius 1 is 1.08 bits per heavy atom. The number of hydrogen-bond acceptors (Lipinski definition) is 4. The molecule has 0 radical (unpaired) electrons. The van der Waals surface area contributed by atoms with E-state index in [0.717, 1.165) is 16.8 Å². The SMILES string of the molecule is Cc1ccc(CS(=O)(=O)Nc2ccc(N3CCOCC3=O)cc2)cc1. The Kier molecular flexibility index (Phi) is 5.06. The monoisotopic (exact) mass is 360 g/mol. The van der Waals surface area contributed by atoms with E-state index in [2.05, 4.69) is 4.72 Å². The van der Waals surface area contributed by atoms with E-state index in [1.807, 2.05) is 31.2 Å². The second kappa shape index (κ2) is 7.25. The first-order valence-corrected chi connectivity index (χ1v) is 9.62. The number of amides is 1. The van der Waals surface area contributed by atoms with Crippen molar-refractivity contribution < 1.29 is 17.9 Å². The molecule has 0 saturated carbocycles. The van der Waals surface area contributed by atoms with Gasteiger partial charge in [0.15, 0.2) is 0 Å². The summed E-state index contributed by atoms with van der Waals surface area (Å²) in [5, 5.41) is 0. The number of hydrogen-bond donors (Lipinski definition) is 1. The third-order valence-electron chi connectivity index (χ3n) is 3.92. The number of carbonyl (C=O) groups is 1. The van der Waals surface area contributed by atoms with Crippen LogP contribution in [0.2, 0.25) is 0 Å². The van der Waals surface area contributed by atoms with Gasteiger partial charge in [-0.1, -0.05) is 29.8 Å². The molecule has 0 aliphatic carbocycles. The molecule has 132 valence electrons. The first kappa shape index (κ1) is 17.4. The Labute approximate surface area is 147 Å². The van der Waals surface area contributed by atoms with Gasteiger partial charge < -0.3 is 9.64 Å². The molecular weight excluding hydrogens is 340 g/mol. The summed E-state index contributed by atoms with van der Waals surface area (Å²) in [5.41, 5.74) is 3.02. The number of morpholine rings is 1. The van der Waals surface area contributed by atoms with Crippen molar-refractivity contribution in [3.8, 4) is 0 Å². The molecule has 2 aromatic rings.